The maximum Gasteiger partial charge on any atom is 0.288 e. The van der Waals surface area contributed by atoms with Crippen LogP contribution in [0.25, 0.3) is 0 Å². The number of carbonyl (C=O) groups is 2. The Kier molecular flexibility index (Phi) is 5.88. The molecule has 0 spiro atoms. The summed E-state index contributed by atoms with van der Waals surface area (Å²) in [7, 11) is 0. The fourth-order valence-electron chi connectivity index (χ4n) is 4.52. The Morgan fingerprint density at radius 1 is 1.00 bits per heavy atom. The van der Waals surface area contributed by atoms with Gasteiger partial charge >= 0.3 is 0 Å². The van der Waals surface area contributed by atoms with E-state index in [9.17, 15) is 19.7 Å². The highest BCUT2D eigenvalue weighted by Crippen LogP contribution is 2.48. The molecule has 0 bridgehead atoms. The monoisotopic (exact) mass is 493 g/mol. The Morgan fingerprint density at radius 2 is 1.71 bits per heavy atom. The van der Waals surface area contributed by atoms with E-state index in [0.717, 1.165) is 4.90 Å². The van der Waals surface area contributed by atoms with Gasteiger partial charge in [-0.05, 0) is 55.0 Å². The third-order valence-electron chi connectivity index (χ3n) is 6.04. The number of fused-ring (bicyclic) bond motifs is 1. The molecule has 0 N–H and O–H groups in total. The molecule has 3 aromatic carbocycles. The number of para-hydroxylation sites is 1. The summed E-state index contributed by atoms with van der Waals surface area (Å²) in [6.45, 7) is 2.35. The number of hydrogen-bond donors (Lipinski definition) is 0. The van der Waals surface area contributed by atoms with E-state index in [1.54, 1.807) is 54.6 Å². The van der Waals surface area contributed by atoms with E-state index in [1.807, 2.05) is 13.0 Å². The summed E-state index contributed by atoms with van der Waals surface area (Å²) >= 11 is 6.03. The highest BCUT2D eigenvalue weighted by Gasteiger charge is 2.60. The Bertz CT molecular complexity index is 1300. The van der Waals surface area contributed by atoms with Crippen LogP contribution in [-0.4, -0.2) is 29.4 Å². The topological polar surface area (TPSA) is 102 Å². The van der Waals surface area contributed by atoms with Crippen molar-refractivity contribution in [2.45, 2.75) is 19.1 Å². The highest BCUT2D eigenvalue weighted by molar-refractivity contribution is 6.32. The van der Waals surface area contributed by atoms with Crippen molar-refractivity contribution in [1.82, 2.24) is 0 Å². The molecule has 0 unspecified atom stereocenters. The number of anilines is 2. The van der Waals surface area contributed by atoms with Crippen molar-refractivity contribution in [2.75, 3.05) is 16.6 Å². The van der Waals surface area contributed by atoms with E-state index >= 15 is 0 Å². The van der Waals surface area contributed by atoms with Crippen molar-refractivity contribution in [1.29, 1.82) is 0 Å². The number of rotatable bonds is 6. The molecule has 0 radical (unpaired) electrons. The number of hydroxylamine groups is 1. The van der Waals surface area contributed by atoms with Gasteiger partial charge in [0.05, 0.1) is 28.9 Å². The summed E-state index contributed by atoms with van der Waals surface area (Å²) in [6.07, 6.45) is -1.09. The second kappa shape index (κ2) is 9.01. The van der Waals surface area contributed by atoms with E-state index in [4.69, 9.17) is 21.2 Å². The lowest BCUT2D eigenvalue weighted by molar-refractivity contribution is -0.384. The number of carbonyl (C=O) groups excluding carboxylic acids is 2. The molecule has 2 amide bonds. The molecule has 10 heteroatoms. The first-order valence-electron chi connectivity index (χ1n) is 11.0. The molecule has 2 aliphatic rings. The van der Waals surface area contributed by atoms with Gasteiger partial charge in [0.15, 0.2) is 6.10 Å². The zero-order valence-corrected chi connectivity index (χ0v) is 19.3. The number of ether oxygens (including phenoxy) is 1. The van der Waals surface area contributed by atoms with Crippen LogP contribution in [0.15, 0.2) is 72.8 Å². The second-order valence-electron chi connectivity index (χ2n) is 8.06. The number of amides is 2. The molecule has 5 rings (SSSR count). The Balaban J connectivity index is 1.57. The first kappa shape index (κ1) is 22.8. The summed E-state index contributed by atoms with van der Waals surface area (Å²) < 4.78 is 5.44. The Hall–Kier alpha value is -3.95. The molecule has 3 atom stereocenters. The molecule has 0 aliphatic carbocycles. The summed E-state index contributed by atoms with van der Waals surface area (Å²) in [5, 5.41) is 13.0. The van der Waals surface area contributed by atoms with Crippen LogP contribution in [0.3, 0.4) is 0 Å². The zero-order chi connectivity index (χ0) is 24.7. The van der Waals surface area contributed by atoms with Crippen LogP contribution in [0.1, 0.15) is 18.5 Å². The van der Waals surface area contributed by atoms with Gasteiger partial charge < -0.3 is 4.74 Å². The Morgan fingerprint density at radius 3 is 2.37 bits per heavy atom. The van der Waals surface area contributed by atoms with E-state index < -0.39 is 34.8 Å². The van der Waals surface area contributed by atoms with Gasteiger partial charge in [0.2, 0.25) is 5.91 Å². The number of nitro benzene ring substituents is 1. The third-order valence-corrected chi connectivity index (χ3v) is 6.36. The van der Waals surface area contributed by atoms with Gasteiger partial charge in [0.25, 0.3) is 11.6 Å². The standard InChI is InChI=1S/C25H20ClN3O6/c1-2-34-18-11-9-16(10-12-18)27-24(30)21-22(15-8-13-19(26)20(14-15)29(32)33)28(35-23(21)25(27)31)17-6-4-3-5-7-17/h3-14,21-23H,2H2,1H3/t21-,22-,23+/m1/s1. The molecule has 0 saturated carbocycles. The number of halogens is 1. The lowest BCUT2D eigenvalue weighted by atomic mass is 9.90. The maximum atomic E-state index is 13.7. The molecular weight excluding hydrogens is 474 g/mol. The molecular formula is C25H20ClN3O6. The molecule has 178 valence electrons. The molecule has 0 aromatic heterocycles. The van der Waals surface area contributed by atoms with Gasteiger partial charge in [-0.3, -0.25) is 24.5 Å². The summed E-state index contributed by atoms with van der Waals surface area (Å²) in [6, 6.07) is 19.2. The van der Waals surface area contributed by atoms with Crippen LogP contribution in [0.4, 0.5) is 17.1 Å². The van der Waals surface area contributed by atoms with Crippen LogP contribution >= 0.6 is 11.6 Å². The van der Waals surface area contributed by atoms with Crippen molar-refractivity contribution in [3.05, 3.63) is 93.5 Å². The van der Waals surface area contributed by atoms with Crippen molar-refractivity contribution in [2.24, 2.45) is 5.92 Å². The quantitative estimate of drug-likeness (QED) is 0.278. The zero-order valence-electron chi connectivity index (χ0n) is 18.5. The number of nitro groups is 1. The van der Waals surface area contributed by atoms with E-state index in [0.29, 0.717) is 29.3 Å². The molecule has 2 heterocycles. The fraction of sp³-hybridized carbons (Fsp3) is 0.200. The van der Waals surface area contributed by atoms with E-state index in [-0.39, 0.29) is 10.7 Å². The summed E-state index contributed by atoms with van der Waals surface area (Å²) in [4.78, 5) is 45.2. The lowest BCUT2D eigenvalue weighted by Gasteiger charge is -2.28. The number of benzene rings is 3. The number of nitrogens with zero attached hydrogens (tertiary/aromatic N) is 3. The van der Waals surface area contributed by atoms with Gasteiger partial charge in [-0.15, -0.1) is 0 Å². The maximum absolute atomic E-state index is 13.7. The summed E-state index contributed by atoms with van der Waals surface area (Å²) in [5.41, 5.74) is 1.15. The van der Waals surface area contributed by atoms with Crippen LogP contribution in [-0.2, 0) is 14.4 Å². The van der Waals surface area contributed by atoms with Gasteiger partial charge in [-0.1, -0.05) is 35.9 Å². The molecule has 3 aromatic rings. The van der Waals surface area contributed by atoms with Crippen molar-refractivity contribution >= 4 is 40.5 Å². The third kappa shape index (κ3) is 3.88. The predicted molar refractivity (Wildman–Crippen MR) is 128 cm³/mol. The van der Waals surface area contributed by atoms with Crippen LogP contribution in [0.2, 0.25) is 5.02 Å². The van der Waals surface area contributed by atoms with Gasteiger partial charge in [-0.25, -0.2) is 9.96 Å². The van der Waals surface area contributed by atoms with E-state index in [2.05, 4.69) is 0 Å². The van der Waals surface area contributed by atoms with Crippen molar-refractivity contribution in [3.63, 3.8) is 0 Å². The molecule has 35 heavy (non-hydrogen) atoms. The molecule has 2 aliphatic heterocycles. The van der Waals surface area contributed by atoms with Gasteiger partial charge in [-0.2, -0.15) is 0 Å². The van der Waals surface area contributed by atoms with Crippen molar-refractivity contribution in [3.8, 4) is 5.75 Å². The first-order valence-corrected chi connectivity index (χ1v) is 11.3. The minimum absolute atomic E-state index is 0.0229. The number of hydrogen-bond acceptors (Lipinski definition) is 7. The van der Waals surface area contributed by atoms with Gasteiger partial charge in [0, 0.05) is 6.07 Å². The normalized spacial score (nSPS) is 21.4. The van der Waals surface area contributed by atoms with Crippen molar-refractivity contribution < 1.29 is 24.1 Å². The fourth-order valence-corrected chi connectivity index (χ4v) is 4.70. The van der Waals surface area contributed by atoms with E-state index in [1.165, 1.54) is 17.2 Å². The minimum atomic E-state index is -1.09. The van der Waals surface area contributed by atoms with Gasteiger partial charge in [0.1, 0.15) is 16.7 Å². The average molecular weight is 494 g/mol. The summed E-state index contributed by atoms with van der Waals surface area (Å²) in [5.74, 6) is -1.26. The molecule has 2 fully saturated rings. The molecule has 9 nitrogen and oxygen atoms in total. The second-order valence-corrected chi connectivity index (χ2v) is 8.47. The first-order chi connectivity index (χ1) is 16.9. The SMILES string of the molecule is CCOc1ccc(N2C(=O)[C@H]3[C@H](ON(c4ccccc4)[C@@H]3c3ccc(Cl)c([N+](=O)[O-])c3)C2=O)cc1. The van der Waals surface area contributed by atoms with Crippen LogP contribution in [0.5, 0.6) is 5.75 Å². The largest absolute Gasteiger partial charge is 0.494 e. The van der Waals surface area contributed by atoms with Crippen LogP contribution in [0, 0.1) is 16.0 Å². The predicted octanol–water partition coefficient (Wildman–Crippen LogP) is 4.70. The van der Waals surface area contributed by atoms with Crippen LogP contribution < -0.4 is 14.7 Å². The minimum Gasteiger partial charge on any atom is -0.494 e. The average Bonchev–Trinajstić information content (AvgIpc) is 3.37. The highest BCUT2D eigenvalue weighted by atomic mass is 35.5. The number of imide groups is 1. The lowest BCUT2D eigenvalue weighted by Crippen LogP contribution is -2.37. The Labute approximate surface area is 205 Å². The smallest absolute Gasteiger partial charge is 0.288 e. The molecule has 2 saturated heterocycles.